The van der Waals surface area contributed by atoms with E-state index in [-0.39, 0.29) is 12.2 Å². The highest BCUT2D eigenvalue weighted by Crippen LogP contribution is 2.23. The van der Waals surface area contributed by atoms with E-state index in [4.69, 9.17) is 5.73 Å². The largest absolute Gasteiger partial charge is 0.464 e. The summed E-state index contributed by atoms with van der Waals surface area (Å²) in [4.78, 5) is 11.2. The predicted octanol–water partition coefficient (Wildman–Crippen LogP) is 2.33. The second-order valence-corrected chi connectivity index (χ2v) is 4.59. The molecule has 0 aliphatic heterocycles. The van der Waals surface area contributed by atoms with Crippen LogP contribution in [0.25, 0.3) is 0 Å². The van der Waals surface area contributed by atoms with Crippen LogP contribution in [0.2, 0.25) is 0 Å². The van der Waals surface area contributed by atoms with E-state index in [0.717, 1.165) is 0 Å². The van der Waals surface area contributed by atoms with Gasteiger partial charge in [0.15, 0.2) is 0 Å². The van der Waals surface area contributed by atoms with Crippen molar-refractivity contribution in [1.29, 1.82) is 0 Å². The Morgan fingerprint density at radius 1 is 1.59 bits per heavy atom. The monoisotopic (exact) mass is 355 g/mol. The third kappa shape index (κ3) is 3.60. The molecule has 17 heavy (non-hydrogen) atoms. The van der Waals surface area contributed by atoms with Crippen molar-refractivity contribution in [1.82, 2.24) is 0 Å². The Balaban J connectivity index is 2.91. The van der Waals surface area contributed by atoms with E-state index >= 15 is 0 Å². The summed E-state index contributed by atoms with van der Waals surface area (Å²) in [6.45, 7) is 1.61. The zero-order chi connectivity index (χ0) is 13.0. The van der Waals surface area contributed by atoms with Crippen molar-refractivity contribution in [3.05, 3.63) is 33.1 Å². The van der Waals surface area contributed by atoms with E-state index in [1.165, 1.54) is 18.2 Å². The summed E-state index contributed by atoms with van der Waals surface area (Å²) in [6, 6.07) is 2.77. The molecule has 0 bridgehead atoms. The second kappa shape index (κ2) is 6.25. The molecule has 2 N–H and O–H groups in total. The lowest BCUT2D eigenvalue weighted by molar-refractivity contribution is -0.149. The van der Waals surface area contributed by atoms with Crippen molar-refractivity contribution in [2.45, 2.75) is 19.1 Å². The zero-order valence-electron chi connectivity index (χ0n) is 9.12. The number of carbonyl (C=O) groups is 1. The van der Waals surface area contributed by atoms with E-state index < -0.39 is 24.0 Å². The van der Waals surface area contributed by atoms with Gasteiger partial charge in [-0.3, -0.25) is 0 Å². The number of halogens is 3. The Kier molecular flexibility index (Phi) is 5.26. The van der Waals surface area contributed by atoms with E-state index in [1.807, 2.05) is 22.6 Å². The lowest BCUT2D eigenvalue weighted by Crippen LogP contribution is -2.32. The van der Waals surface area contributed by atoms with Crippen LogP contribution < -0.4 is 5.73 Å². The molecule has 1 unspecified atom stereocenters. The van der Waals surface area contributed by atoms with Crippen LogP contribution in [0.5, 0.6) is 0 Å². The van der Waals surface area contributed by atoms with Crippen molar-refractivity contribution in [2.75, 3.05) is 6.61 Å². The van der Waals surface area contributed by atoms with Crippen LogP contribution in [-0.4, -0.2) is 18.7 Å². The van der Waals surface area contributed by atoms with Gasteiger partial charge in [0.05, 0.1) is 12.6 Å². The first kappa shape index (κ1) is 14.3. The van der Waals surface area contributed by atoms with Gasteiger partial charge >= 0.3 is 5.97 Å². The molecule has 0 amide bonds. The van der Waals surface area contributed by atoms with Crippen LogP contribution in [-0.2, 0) is 9.53 Å². The minimum Gasteiger partial charge on any atom is -0.464 e. The molecule has 6 heteroatoms. The summed E-state index contributed by atoms with van der Waals surface area (Å²) in [5.41, 5.74) is 5.49. The first-order chi connectivity index (χ1) is 7.97. The van der Waals surface area contributed by atoms with Crippen LogP contribution in [0.1, 0.15) is 18.5 Å². The summed E-state index contributed by atoms with van der Waals surface area (Å²) in [7, 11) is 0. The van der Waals surface area contributed by atoms with Gasteiger partial charge in [0.1, 0.15) is 5.82 Å². The number of nitrogens with two attached hydrogens (primary N) is 1. The fourth-order valence-corrected chi connectivity index (χ4v) is 1.81. The van der Waals surface area contributed by atoms with Gasteiger partial charge in [-0.1, -0.05) is 0 Å². The molecule has 0 aliphatic carbocycles. The number of carbonyl (C=O) groups excluding carboxylic acids is 1. The van der Waals surface area contributed by atoms with Crippen LogP contribution >= 0.6 is 22.6 Å². The van der Waals surface area contributed by atoms with E-state index in [9.17, 15) is 13.6 Å². The Labute approximate surface area is 111 Å². The van der Waals surface area contributed by atoms with Crippen molar-refractivity contribution in [3.8, 4) is 0 Å². The highest BCUT2D eigenvalue weighted by Gasteiger charge is 2.29. The number of benzene rings is 1. The van der Waals surface area contributed by atoms with Gasteiger partial charge < -0.3 is 10.5 Å². The molecule has 2 atom stereocenters. The summed E-state index contributed by atoms with van der Waals surface area (Å²) < 4.78 is 32.2. The lowest BCUT2D eigenvalue weighted by atomic mass is 10.0. The normalized spacial score (nSPS) is 14.2. The molecule has 0 aromatic heterocycles. The number of rotatable bonds is 4. The van der Waals surface area contributed by atoms with Crippen LogP contribution in [0.3, 0.4) is 0 Å². The first-order valence-corrected chi connectivity index (χ1v) is 6.06. The molecule has 3 nitrogen and oxygen atoms in total. The van der Waals surface area contributed by atoms with Gasteiger partial charge in [0.2, 0.25) is 6.17 Å². The maximum absolute atomic E-state index is 13.6. The van der Waals surface area contributed by atoms with Crippen molar-refractivity contribution >= 4 is 28.6 Å². The molecule has 1 aromatic rings. The van der Waals surface area contributed by atoms with Crippen molar-refractivity contribution < 1.29 is 18.3 Å². The highest BCUT2D eigenvalue weighted by atomic mass is 127. The van der Waals surface area contributed by atoms with E-state index in [1.54, 1.807) is 6.92 Å². The molecular formula is C11H12F2INO2. The topological polar surface area (TPSA) is 52.3 Å². The molecule has 94 valence electrons. The fourth-order valence-electron chi connectivity index (χ4n) is 1.30. The molecule has 0 heterocycles. The smallest absolute Gasteiger partial charge is 0.342 e. The number of hydrogen-bond acceptors (Lipinski definition) is 3. The standard InChI is InChI=1S/C11H12F2INO2/c1-2-17-11(16)9(13)10(15)7-5-6(14)3-4-8(7)12/h3-5,9-10H,2,15H2,1H3/t9?,10-/m1/s1. The molecule has 1 aromatic carbocycles. The van der Waals surface area contributed by atoms with Crippen LogP contribution in [0.4, 0.5) is 8.78 Å². The molecule has 1 rings (SSSR count). The van der Waals surface area contributed by atoms with Gasteiger partial charge in [0.25, 0.3) is 0 Å². The van der Waals surface area contributed by atoms with Crippen molar-refractivity contribution in [3.63, 3.8) is 0 Å². The Bertz CT molecular complexity index is 414. The van der Waals surface area contributed by atoms with Gasteiger partial charge in [-0.05, 0) is 47.7 Å². The first-order valence-electron chi connectivity index (χ1n) is 4.98. The van der Waals surface area contributed by atoms with Gasteiger partial charge in [0, 0.05) is 9.13 Å². The van der Waals surface area contributed by atoms with Crippen LogP contribution in [0.15, 0.2) is 18.2 Å². The number of hydrogen-bond donors (Lipinski definition) is 1. The Morgan fingerprint density at radius 3 is 2.82 bits per heavy atom. The Hall–Kier alpha value is -0.760. The van der Waals surface area contributed by atoms with Crippen molar-refractivity contribution in [2.24, 2.45) is 5.73 Å². The second-order valence-electron chi connectivity index (χ2n) is 3.35. The van der Waals surface area contributed by atoms with E-state index in [0.29, 0.717) is 3.57 Å². The lowest BCUT2D eigenvalue weighted by Gasteiger charge is -2.16. The summed E-state index contributed by atoms with van der Waals surface area (Å²) in [5, 5.41) is 0. The average Bonchev–Trinajstić information content (AvgIpc) is 2.30. The van der Waals surface area contributed by atoms with Gasteiger partial charge in [-0.15, -0.1) is 0 Å². The molecular weight excluding hydrogens is 343 g/mol. The Morgan fingerprint density at radius 2 is 2.24 bits per heavy atom. The number of esters is 1. The molecule has 0 aliphatic rings. The third-order valence-corrected chi connectivity index (χ3v) is 2.82. The summed E-state index contributed by atoms with van der Waals surface area (Å²) >= 11 is 1.95. The third-order valence-electron chi connectivity index (χ3n) is 2.14. The predicted molar refractivity (Wildman–Crippen MR) is 67.6 cm³/mol. The maximum Gasteiger partial charge on any atom is 0.342 e. The van der Waals surface area contributed by atoms with E-state index in [2.05, 4.69) is 4.74 Å². The molecule has 0 spiro atoms. The maximum atomic E-state index is 13.6. The van der Waals surface area contributed by atoms with Crippen LogP contribution in [0, 0.1) is 9.39 Å². The molecule has 0 radical (unpaired) electrons. The number of ether oxygens (including phenoxy) is 1. The minimum atomic E-state index is -2.07. The van der Waals surface area contributed by atoms with Gasteiger partial charge in [-0.2, -0.15) is 0 Å². The minimum absolute atomic E-state index is 0.0301. The zero-order valence-corrected chi connectivity index (χ0v) is 11.3. The summed E-state index contributed by atoms with van der Waals surface area (Å²) in [5.74, 6) is -1.71. The summed E-state index contributed by atoms with van der Waals surface area (Å²) in [6.07, 6.45) is -2.07. The quantitative estimate of drug-likeness (QED) is 0.666. The fraction of sp³-hybridized carbons (Fsp3) is 0.364. The highest BCUT2D eigenvalue weighted by molar-refractivity contribution is 14.1. The number of alkyl halides is 1. The molecule has 0 saturated carbocycles. The van der Waals surface area contributed by atoms with Gasteiger partial charge in [-0.25, -0.2) is 13.6 Å². The SMILES string of the molecule is CCOC(=O)C(F)[C@H](N)c1cc(I)ccc1F. The average molecular weight is 355 g/mol. The molecule has 0 fully saturated rings. The molecule has 0 saturated heterocycles.